The molecule has 2 aliphatic carbocycles. The predicted octanol–water partition coefficient (Wildman–Crippen LogP) is 5.52. The van der Waals surface area contributed by atoms with Crippen molar-refractivity contribution in [2.45, 2.75) is 46.0 Å². The maximum Gasteiger partial charge on any atom is 0.407 e. The molecule has 0 aliphatic heterocycles. The minimum absolute atomic E-state index is 0.0797. The van der Waals surface area contributed by atoms with Crippen LogP contribution in [0.25, 0.3) is 5.57 Å². The zero-order chi connectivity index (χ0) is 21.5. The quantitative estimate of drug-likeness (QED) is 0.596. The minimum Gasteiger partial charge on any atom is -0.449 e. The van der Waals surface area contributed by atoms with Crippen molar-refractivity contribution in [2.24, 2.45) is 5.92 Å². The van der Waals surface area contributed by atoms with E-state index in [0.717, 1.165) is 19.3 Å². The van der Waals surface area contributed by atoms with E-state index in [9.17, 15) is 9.90 Å². The number of hydrogen-bond acceptors (Lipinski definition) is 3. The number of aliphatic hydroxyl groups excluding tert-OH is 1. The van der Waals surface area contributed by atoms with Gasteiger partial charge in [-0.25, -0.2) is 4.79 Å². The molecule has 1 amide bonds. The van der Waals surface area contributed by atoms with Crippen LogP contribution in [0.5, 0.6) is 0 Å². The van der Waals surface area contributed by atoms with Crippen molar-refractivity contribution >= 4 is 11.7 Å². The van der Waals surface area contributed by atoms with Crippen molar-refractivity contribution in [3.63, 3.8) is 0 Å². The molecule has 1 aromatic rings. The van der Waals surface area contributed by atoms with Crippen molar-refractivity contribution in [1.29, 1.82) is 0 Å². The summed E-state index contributed by atoms with van der Waals surface area (Å²) in [7, 11) is 0. The first kappa shape index (κ1) is 22.1. The van der Waals surface area contributed by atoms with Gasteiger partial charge in [0.1, 0.15) is 6.61 Å². The first-order chi connectivity index (χ1) is 14.5. The van der Waals surface area contributed by atoms with Gasteiger partial charge in [0.15, 0.2) is 0 Å². The number of fused-ring (bicyclic) bond motifs is 1. The van der Waals surface area contributed by atoms with Crippen molar-refractivity contribution in [3.8, 4) is 0 Å². The van der Waals surface area contributed by atoms with E-state index in [1.807, 2.05) is 25.1 Å². The molecule has 1 aromatic carbocycles. The van der Waals surface area contributed by atoms with E-state index in [-0.39, 0.29) is 18.6 Å². The molecule has 4 heteroatoms. The highest BCUT2D eigenvalue weighted by atomic mass is 16.5. The highest BCUT2D eigenvalue weighted by Crippen LogP contribution is 2.42. The molecule has 3 rings (SSSR count). The third kappa shape index (κ3) is 5.31. The van der Waals surface area contributed by atoms with Crippen LogP contribution in [0.15, 0.2) is 65.3 Å². The van der Waals surface area contributed by atoms with Gasteiger partial charge in [-0.3, -0.25) is 0 Å². The number of ether oxygens (including phenoxy) is 1. The van der Waals surface area contributed by atoms with Gasteiger partial charge in [-0.05, 0) is 61.3 Å². The molecule has 2 aliphatic rings. The second-order valence-corrected chi connectivity index (χ2v) is 8.31. The molecule has 0 saturated carbocycles. The summed E-state index contributed by atoms with van der Waals surface area (Å²) in [5.41, 5.74) is 7.50. The summed E-state index contributed by atoms with van der Waals surface area (Å²) in [6.45, 7) is 7.26. The fraction of sp³-hybridized carbons (Fsp3) is 0.423. The summed E-state index contributed by atoms with van der Waals surface area (Å²) in [6.07, 6.45) is 10.9. The lowest BCUT2D eigenvalue weighted by Crippen LogP contribution is -2.28. The number of aliphatic hydroxyl groups is 1. The van der Waals surface area contributed by atoms with Gasteiger partial charge >= 0.3 is 6.09 Å². The van der Waals surface area contributed by atoms with Gasteiger partial charge in [0, 0.05) is 19.1 Å². The lowest BCUT2D eigenvalue weighted by Gasteiger charge is -2.18. The fourth-order valence-electron chi connectivity index (χ4n) is 4.28. The number of carbonyl (C=O) groups excluding carboxylic acids is 1. The minimum atomic E-state index is -0.374. The van der Waals surface area contributed by atoms with Gasteiger partial charge in [0.25, 0.3) is 0 Å². The molecule has 0 spiro atoms. The summed E-state index contributed by atoms with van der Waals surface area (Å²) in [6, 6.07) is 8.34. The Balaban J connectivity index is 1.53. The first-order valence-corrected chi connectivity index (χ1v) is 10.8. The van der Waals surface area contributed by atoms with Crippen molar-refractivity contribution < 1.29 is 14.6 Å². The molecular formula is C26H33NO3. The number of rotatable bonds is 8. The zero-order valence-electron chi connectivity index (χ0n) is 18.3. The molecule has 160 valence electrons. The molecule has 0 radical (unpaired) electrons. The maximum atomic E-state index is 12.3. The fourth-order valence-corrected chi connectivity index (χ4v) is 4.28. The topological polar surface area (TPSA) is 58.6 Å². The molecule has 0 bridgehead atoms. The Kier molecular flexibility index (Phi) is 7.69. The average Bonchev–Trinajstić information content (AvgIpc) is 3.03. The van der Waals surface area contributed by atoms with E-state index < -0.39 is 0 Å². The molecule has 4 nitrogen and oxygen atoms in total. The standard InChI is InChI=1S/C26H33NO3/c1-4-7-22-19(3)23-8-5-6-9-24(23)25(22)17-30-26(29)27-15-21-12-10-20(11-13-21)14-18(2)16-28/h4-10,12,18,25,28H,11,13-17H2,1-3H3,(H,27,29). The number of allylic oxidation sites excluding steroid dienone is 6. The number of benzene rings is 1. The average molecular weight is 408 g/mol. The van der Waals surface area contributed by atoms with E-state index >= 15 is 0 Å². The summed E-state index contributed by atoms with van der Waals surface area (Å²) in [4.78, 5) is 12.3. The highest BCUT2D eigenvalue weighted by molar-refractivity contribution is 5.79. The third-order valence-electron chi connectivity index (χ3n) is 5.98. The number of nitrogens with one attached hydrogen (secondary N) is 1. The Bertz CT molecular complexity index is 891. The van der Waals surface area contributed by atoms with Gasteiger partial charge in [-0.2, -0.15) is 0 Å². The monoisotopic (exact) mass is 407 g/mol. The molecule has 0 heterocycles. The number of hydrogen-bond donors (Lipinski definition) is 2. The van der Waals surface area contributed by atoms with E-state index in [2.05, 4.69) is 49.5 Å². The van der Waals surface area contributed by atoms with Gasteiger partial charge in [-0.15, -0.1) is 0 Å². The summed E-state index contributed by atoms with van der Waals surface area (Å²) < 4.78 is 5.60. The van der Waals surface area contributed by atoms with E-state index in [1.165, 1.54) is 33.4 Å². The van der Waals surface area contributed by atoms with Crippen LogP contribution in [-0.4, -0.2) is 31.0 Å². The molecule has 0 saturated heterocycles. The largest absolute Gasteiger partial charge is 0.449 e. The zero-order valence-corrected chi connectivity index (χ0v) is 18.3. The first-order valence-electron chi connectivity index (χ1n) is 10.8. The molecule has 2 unspecified atom stereocenters. The Morgan fingerprint density at radius 1 is 1.27 bits per heavy atom. The van der Waals surface area contributed by atoms with Gasteiger partial charge < -0.3 is 15.2 Å². The number of carbonyl (C=O) groups is 1. The predicted molar refractivity (Wildman–Crippen MR) is 122 cm³/mol. The molecule has 2 atom stereocenters. The SMILES string of the molecule is CC=CC1=C(C)c2ccccc2C1COC(=O)NCC1=CC=C(CC(C)CO)CC1. The Morgan fingerprint density at radius 3 is 2.70 bits per heavy atom. The second kappa shape index (κ2) is 10.4. The lowest BCUT2D eigenvalue weighted by molar-refractivity contribution is 0.143. The summed E-state index contributed by atoms with van der Waals surface area (Å²) in [5, 5.41) is 12.1. The van der Waals surface area contributed by atoms with Gasteiger partial charge in [-0.1, -0.05) is 66.6 Å². The van der Waals surface area contributed by atoms with E-state index in [0.29, 0.717) is 19.1 Å². The van der Waals surface area contributed by atoms with Crippen LogP contribution in [0.2, 0.25) is 0 Å². The van der Waals surface area contributed by atoms with Gasteiger partial charge in [0.2, 0.25) is 0 Å². The van der Waals surface area contributed by atoms with Crippen LogP contribution >= 0.6 is 0 Å². The number of amides is 1. The molecule has 0 fully saturated rings. The van der Waals surface area contributed by atoms with Crippen molar-refractivity contribution in [3.05, 3.63) is 76.4 Å². The molecule has 0 aromatic heterocycles. The Hall–Kier alpha value is -2.59. The highest BCUT2D eigenvalue weighted by Gasteiger charge is 2.28. The van der Waals surface area contributed by atoms with Crippen LogP contribution in [0, 0.1) is 5.92 Å². The lowest BCUT2D eigenvalue weighted by atomic mass is 9.92. The van der Waals surface area contributed by atoms with E-state index in [1.54, 1.807) is 0 Å². The Labute approximate surface area is 180 Å². The van der Waals surface area contributed by atoms with Crippen LogP contribution in [0.3, 0.4) is 0 Å². The normalized spacial score (nSPS) is 19.4. The van der Waals surface area contributed by atoms with E-state index in [4.69, 9.17) is 4.74 Å². The summed E-state index contributed by atoms with van der Waals surface area (Å²) in [5.74, 6) is 0.376. The molecule has 30 heavy (non-hydrogen) atoms. The smallest absolute Gasteiger partial charge is 0.407 e. The third-order valence-corrected chi connectivity index (χ3v) is 5.98. The second-order valence-electron chi connectivity index (χ2n) is 8.31. The maximum absolute atomic E-state index is 12.3. The van der Waals surface area contributed by atoms with Crippen molar-refractivity contribution in [1.82, 2.24) is 5.32 Å². The molecule has 2 N–H and O–H groups in total. The van der Waals surface area contributed by atoms with Crippen LogP contribution in [0.4, 0.5) is 4.79 Å². The van der Waals surface area contributed by atoms with Gasteiger partial charge in [0.05, 0.1) is 0 Å². The van der Waals surface area contributed by atoms with Crippen LogP contribution in [-0.2, 0) is 4.74 Å². The van der Waals surface area contributed by atoms with Crippen LogP contribution in [0.1, 0.15) is 57.1 Å². The molecular weight excluding hydrogens is 374 g/mol. The summed E-state index contributed by atoms with van der Waals surface area (Å²) >= 11 is 0. The van der Waals surface area contributed by atoms with Crippen LogP contribution < -0.4 is 5.32 Å². The number of alkyl carbamates (subject to hydrolysis) is 1. The van der Waals surface area contributed by atoms with Crippen molar-refractivity contribution in [2.75, 3.05) is 19.8 Å². The Morgan fingerprint density at radius 2 is 2.00 bits per heavy atom.